The molecular formula is C14H22N2O2. The zero-order chi connectivity index (χ0) is 13.0. The van der Waals surface area contributed by atoms with Crippen molar-refractivity contribution in [2.24, 2.45) is 5.92 Å². The van der Waals surface area contributed by atoms with E-state index in [1.54, 1.807) is 13.1 Å². The van der Waals surface area contributed by atoms with Crippen molar-refractivity contribution in [2.75, 3.05) is 31.7 Å². The molecule has 1 aliphatic carbocycles. The number of ether oxygens (including phenoxy) is 1. The van der Waals surface area contributed by atoms with Crippen molar-refractivity contribution in [3.63, 3.8) is 0 Å². The SMILES string of the molecule is CC(O)c1ccc(N(C)CCOCC2CC2)nc1. The topological polar surface area (TPSA) is 45.6 Å². The molecule has 18 heavy (non-hydrogen) atoms. The van der Waals surface area contributed by atoms with Crippen LogP contribution in [0, 0.1) is 5.92 Å². The van der Waals surface area contributed by atoms with Gasteiger partial charge in [-0.1, -0.05) is 6.07 Å². The van der Waals surface area contributed by atoms with E-state index < -0.39 is 6.10 Å². The molecule has 1 saturated carbocycles. The molecule has 1 unspecified atom stereocenters. The van der Waals surface area contributed by atoms with Crippen molar-refractivity contribution in [2.45, 2.75) is 25.9 Å². The van der Waals surface area contributed by atoms with Gasteiger partial charge in [0.15, 0.2) is 0 Å². The fourth-order valence-electron chi connectivity index (χ4n) is 1.72. The van der Waals surface area contributed by atoms with Gasteiger partial charge >= 0.3 is 0 Å². The van der Waals surface area contributed by atoms with E-state index in [4.69, 9.17) is 4.74 Å². The Labute approximate surface area is 109 Å². The second kappa shape index (κ2) is 6.16. The van der Waals surface area contributed by atoms with E-state index in [1.165, 1.54) is 12.8 Å². The van der Waals surface area contributed by atoms with Crippen LogP contribution in [-0.2, 0) is 4.74 Å². The van der Waals surface area contributed by atoms with Crippen LogP contribution in [0.15, 0.2) is 18.3 Å². The summed E-state index contributed by atoms with van der Waals surface area (Å²) in [5.41, 5.74) is 0.845. The van der Waals surface area contributed by atoms with Crippen LogP contribution in [0.1, 0.15) is 31.4 Å². The molecule has 0 aliphatic heterocycles. The maximum absolute atomic E-state index is 9.41. The van der Waals surface area contributed by atoms with Gasteiger partial charge in [0.1, 0.15) is 5.82 Å². The largest absolute Gasteiger partial charge is 0.389 e. The molecule has 2 rings (SSSR count). The molecule has 1 N–H and O–H groups in total. The first-order valence-electron chi connectivity index (χ1n) is 6.59. The number of aliphatic hydroxyl groups excluding tert-OH is 1. The molecule has 0 bridgehead atoms. The summed E-state index contributed by atoms with van der Waals surface area (Å²) in [4.78, 5) is 6.40. The average molecular weight is 250 g/mol. The summed E-state index contributed by atoms with van der Waals surface area (Å²) < 4.78 is 5.60. The van der Waals surface area contributed by atoms with E-state index in [-0.39, 0.29) is 0 Å². The molecule has 0 spiro atoms. The van der Waals surface area contributed by atoms with Gasteiger partial charge in [-0.2, -0.15) is 0 Å². The highest BCUT2D eigenvalue weighted by Crippen LogP contribution is 2.28. The molecule has 1 aromatic heterocycles. The van der Waals surface area contributed by atoms with Crippen molar-refractivity contribution in [1.82, 2.24) is 4.98 Å². The van der Waals surface area contributed by atoms with Crippen LogP contribution in [0.5, 0.6) is 0 Å². The lowest BCUT2D eigenvalue weighted by Crippen LogP contribution is -2.23. The Morgan fingerprint density at radius 1 is 1.50 bits per heavy atom. The van der Waals surface area contributed by atoms with E-state index >= 15 is 0 Å². The molecule has 4 heteroatoms. The number of anilines is 1. The number of aliphatic hydroxyl groups is 1. The van der Waals surface area contributed by atoms with Crippen molar-refractivity contribution in [3.05, 3.63) is 23.9 Å². The third kappa shape index (κ3) is 3.96. The van der Waals surface area contributed by atoms with Crippen LogP contribution >= 0.6 is 0 Å². The number of rotatable bonds is 7. The monoisotopic (exact) mass is 250 g/mol. The lowest BCUT2D eigenvalue weighted by Gasteiger charge is -2.18. The lowest BCUT2D eigenvalue weighted by atomic mass is 10.2. The Hall–Kier alpha value is -1.13. The van der Waals surface area contributed by atoms with E-state index in [0.29, 0.717) is 0 Å². The summed E-state index contributed by atoms with van der Waals surface area (Å²) in [5.74, 6) is 1.73. The molecule has 0 amide bonds. The predicted molar refractivity (Wildman–Crippen MR) is 71.7 cm³/mol. The van der Waals surface area contributed by atoms with Crippen molar-refractivity contribution < 1.29 is 9.84 Å². The first-order valence-corrected chi connectivity index (χ1v) is 6.59. The number of hydrogen-bond donors (Lipinski definition) is 1. The maximum atomic E-state index is 9.41. The van der Waals surface area contributed by atoms with Gasteiger partial charge in [0.05, 0.1) is 12.7 Å². The summed E-state index contributed by atoms with van der Waals surface area (Å²) >= 11 is 0. The summed E-state index contributed by atoms with van der Waals surface area (Å²) in [7, 11) is 2.00. The molecule has 1 aromatic rings. The Morgan fingerprint density at radius 2 is 2.28 bits per heavy atom. The normalized spacial score (nSPS) is 16.6. The first kappa shape index (κ1) is 13.3. The van der Waals surface area contributed by atoms with Gasteiger partial charge in [0.2, 0.25) is 0 Å². The highest BCUT2D eigenvalue weighted by Gasteiger charge is 2.20. The van der Waals surface area contributed by atoms with E-state index in [1.807, 2.05) is 19.2 Å². The fraction of sp³-hybridized carbons (Fsp3) is 0.643. The van der Waals surface area contributed by atoms with E-state index in [9.17, 15) is 5.11 Å². The molecule has 0 radical (unpaired) electrons. The Kier molecular flexibility index (Phi) is 4.55. The highest BCUT2D eigenvalue weighted by molar-refractivity contribution is 5.38. The standard InChI is InChI=1S/C14H22N2O2/c1-11(17)13-5-6-14(15-9-13)16(2)7-8-18-10-12-3-4-12/h5-6,9,11-12,17H,3-4,7-8,10H2,1-2H3. The smallest absolute Gasteiger partial charge is 0.128 e. The maximum Gasteiger partial charge on any atom is 0.128 e. The molecule has 1 atom stereocenters. The Bertz CT molecular complexity index is 361. The minimum Gasteiger partial charge on any atom is -0.389 e. The number of nitrogens with zero attached hydrogens (tertiary/aromatic N) is 2. The third-order valence-corrected chi connectivity index (χ3v) is 3.27. The molecule has 4 nitrogen and oxygen atoms in total. The minimum atomic E-state index is -0.460. The quantitative estimate of drug-likeness (QED) is 0.752. The van der Waals surface area contributed by atoms with Gasteiger partial charge in [-0.05, 0) is 37.3 Å². The van der Waals surface area contributed by atoms with Gasteiger partial charge < -0.3 is 14.7 Å². The summed E-state index contributed by atoms with van der Waals surface area (Å²) in [6.45, 7) is 4.23. The zero-order valence-electron chi connectivity index (χ0n) is 11.2. The van der Waals surface area contributed by atoms with Crippen molar-refractivity contribution >= 4 is 5.82 Å². The van der Waals surface area contributed by atoms with Gasteiger partial charge in [0.25, 0.3) is 0 Å². The van der Waals surface area contributed by atoms with Gasteiger partial charge in [-0.3, -0.25) is 0 Å². The van der Waals surface area contributed by atoms with E-state index in [0.717, 1.165) is 37.1 Å². The van der Waals surface area contributed by atoms with Crippen LogP contribution < -0.4 is 4.90 Å². The van der Waals surface area contributed by atoms with Gasteiger partial charge in [-0.25, -0.2) is 4.98 Å². The van der Waals surface area contributed by atoms with Crippen LogP contribution in [0.3, 0.4) is 0 Å². The molecule has 1 heterocycles. The highest BCUT2D eigenvalue weighted by atomic mass is 16.5. The van der Waals surface area contributed by atoms with Crippen LogP contribution in [0.25, 0.3) is 0 Å². The lowest BCUT2D eigenvalue weighted by molar-refractivity contribution is 0.131. The average Bonchev–Trinajstić information content (AvgIpc) is 3.18. The van der Waals surface area contributed by atoms with Crippen LogP contribution in [0.4, 0.5) is 5.82 Å². The number of likely N-dealkylation sites (N-methyl/N-ethyl adjacent to an activating group) is 1. The second-order valence-electron chi connectivity index (χ2n) is 5.07. The number of pyridine rings is 1. The summed E-state index contributed by atoms with van der Waals surface area (Å²) in [6.07, 6.45) is 3.93. The van der Waals surface area contributed by atoms with Crippen molar-refractivity contribution in [1.29, 1.82) is 0 Å². The van der Waals surface area contributed by atoms with Gasteiger partial charge in [0, 0.05) is 26.4 Å². The summed E-state index contributed by atoms with van der Waals surface area (Å²) in [6, 6.07) is 3.84. The van der Waals surface area contributed by atoms with Crippen LogP contribution in [0.2, 0.25) is 0 Å². The molecule has 100 valence electrons. The first-order chi connectivity index (χ1) is 8.66. The van der Waals surface area contributed by atoms with E-state index in [2.05, 4.69) is 9.88 Å². The molecule has 1 aliphatic rings. The Balaban J connectivity index is 1.74. The molecular weight excluding hydrogens is 228 g/mol. The minimum absolute atomic E-state index is 0.460. The molecule has 1 fully saturated rings. The molecule has 0 saturated heterocycles. The predicted octanol–water partition coefficient (Wildman–Crippen LogP) is 2.00. The Morgan fingerprint density at radius 3 is 2.83 bits per heavy atom. The van der Waals surface area contributed by atoms with Gasteiger partial charge in [-0.15, -0.1) is 0 Å². The fourth-order valence-corrected chi connectivity index (χ4v) is 1.72. The number of hydrogen-bond acceptors (Lipinski definition) is 4. The molecule has 0 aromatic carbocycles. The third-order valence-electron chi connectivity index (χ3n) is 3.27. The number of aromatic nitrogens is 1. The van der Waals surface area contributed by atoms with Crippen molar-refractivity contribution in [3.8, 4) is 0 Å². The zero-order valence-corrected chi connectivity index (χ0v) is 11.2. The second-order valence-corrected chi connectivity index (χ2v) is 5.07. The van der Waals surface area contributed by atoms with Crippen LogP contribution in [-0.4, -0.2) is 36.9 Å². The summed E-state index contributed by atoms with van der Waals surface area (Å²) in [5, 5.41) is 9.41.